The fraction of sp³-hybridized carbons (Fsp3) is 0.581. The van der Waals surface area contributed by atoms with Crippen molar-refractivity contribution in [3.05, 3.63) is 47.3 Å². The predicted molar refractivity (Wildman–Crippen MR) is 154 cm³/mol. The van der Waals surface area contributed by atoms with Crippen molar-refractivity contribution in [1.29, 1.82) is 0 Å². The number of unbranched alkanes of at least 4 members (excludes halogenated alkanes) is 1. The third kappa shape index (κ3) is 5.77. The number of hydrogen-bond acceptors (Lipinski definition) is 7. The van der Waals surface area contributed by atoms with E-state index >= 15 is 4.39 Å². The Labute approximate surface area is 240 Å². The van der Waals surface area contributed by atoms with Crippen LogP contribution in [0.15, 0.2) is 30.5 Å². The zero-order valence-corrected chi connectivity index (χ0v) is 23.7. The maximum atomic E-state index is 15.4. The molecule has 10 heteroatoms. The van der Waals surface area contributed by atoms with Gasteiger partial charge in [-0.25, -0.2) is 9.37 Å². The summed E-state index contributed by atoms with van der Waals surface area (Å²) in [5, 5.41) is 19.2. The topological polar surface area (TPSA) is 102 Å². The third-order valence-corrected chi connectivity index (χ3v) is 8.98. The number of benzene rings is 1. The van der Waals surface area contributed by atoms with Gasteiger partial charge in [0.25, 0.3) is 0 Å². The first-order valence-electron chi connectivity index (χ1n) is 15.0. The molecular formula is C31H40FN5O4. The number of nitrogens with one attached hydrogen (secondary N) is 1. The number of nitrogens with zero attached hydrogens (tertiary/aromatic N) is 4. The Bertz CT molecular complexity index is 1360. The largest absolute Gasteiger partial charge is 0.496 e. The minimum Gasteiger partial charge on any atom is -0.496 e. The van der Waals surface area contributed by atoms with Crippen molar-refractivity contribution < 1.29 is 23.8 Å². The standard InChI is InChI=1S/C31H40FN5O4/c1-40-27-16-22(35-30-24(27)9-5-13-33-30)7-2-3-10-26(32)21-11-14-36(18-21)29(31(38)39)25-8-4-6-20-17-34-37(28(20)25)23-12-15-41-19-23/h4,6,8,16-17,21,23,26,29H,2-3,5,7,9-15,18-19H2,1H3,(H,33,35)(H,38,39)/t21?,23-,26+,29-/m0/s1. The normalized spacial score (nSPS) is 22.4. The number of carbonyl (C=O) groups is 1. The Morgan fingerprint density at radius 3 is 3.02 bits per heavy atom. The van der Waals surface area contributed by atoms with Crippen molar-refractivity contribution in [1.82, 2.24) is 19.7 Å². The van der Waals surface area contributed by atoms with Crippen LogP contribution >= 0.6 is 0 Å². The zero-order chi connectivity index (χ0) is 28.3. The number of ether oxygens (including phenoxy) is 2. The van der Waals surface area contributed by atoms with Gasteiger partial charge in [0, 0.05) is 53.9 Å². The Morgan fingerprint density at radius 2 is 2.22 bits per heavy atom. The molecule has 3 aromatic rings. The molecule has 0 bridgehead atoms. The number of anilines is 1. The van der Waals surface area contributed by atoms with Crippen LogP contribution in [0.5, 0.6) is 5.75 Å². The first-order chi connectivity index (χ1) is 20.0. The number of pyridine rings is 1. The molecule has 2 N–H and O–H groups in total. The highest BCUT2D eigenvalue weighted by Crippen LogP contribution is 2.36. The van der Waals surface area contributed by atoms with Crippen molar-refractivity contribution in [2.24, 2.45) is 5.92 Å². The second-order valence-electron chi connectivity index (χ2n) is 11.6. The van der Waals surface area contributed by atoms with Crippen LogP contribution in [-0.4, -0.2) is 76.9 Å². The molecule has 0 saturated carbocycles. The minimum atomic E-state index is -0.959. The van der Waals surface area contributed by atoms with E-state index in [4.69, 9.17) is 14.5 Å². The van der Waals surface area contributed by atoms with E-state index < -0.39 is 18.2 Å². The van der Waals surface area contributed by atoms with Crippen LogP contribution in [0.25, 0.3) is 10.9 Å². The van der Waals surface area contributed by atoms with Crippen molar-refractivity contribution in [2.45, 2.75) is 69.6 Å². The molecule has 2 aromatic heterocycles. The van der Waals surface area contributed by atoms with Crippen LogP contribution in [0.2, 0.25) is 0 Å². The summed E-state index contributed by atoms with van der Waals surface area (Å²) in [6.07, 6.45) is 7.25. The predicted octanol–water partition coefficient (Wildman–Crippen LogP) is 4.96. The highest BCUT2D eigenvalue weighted by Gasteiger charge is 2.38. The van der Waals surface area contributed by atoms with Gasteiger partial charge in [0.2, 0.25) is 0 Å². The molecule has 5 heterocycles. The van der Waals surface area contributed by atoms with Gasteiger partial charge in [-0.1, -0.05) is 24.6 Å². The number of carboxylic acids is 1. The van der Waals surface area contributed by atoms with Gasteiger partial charge >= 0.3 is 5.97 Å². The van der Waals surface area contributed by atoms with Crippen LogP contribution in [0.4, 0.5) is 10.2 Å². The molecule has 0 amide bonds. The summed E-state index contributed by atoms with van der Waals surface area (Å²) in [4.78, 5) is 19.4. The lowest BCUT2D eigenvalue weighted by molar-refractivity contribution is -0.143. The summed E-state index contributed by atoms with van der Waals surface area (Å²) < 4.78 is 28.5. The van der Waals surface area contributed by atoms with E-state index in [1.165, 1.54) is 0 Å². The van der Waals surface area contributed by atoms with Crippen LogP contribution in [0, 0.1) is 5.92 Å². The molecule has 41 heavy (non-hydrogen) atoms. The SMILES string of the molecule is COc1cc(CCCC[C@@H](F)C2CCN([C@H](C(=O)O)c3cccc4cnn([C@H]5CCOC5)c34)C2)nc2c1CCCN2. The molecule has 6 rings (SSSR count). The Morgan fingerprint density at radius 1 is 1.32 bits per heavy atom. The summed E-state index contributed by atoms with van der Waals surface area (Å²) >= 11 is 0. The number of methoxy groups -OCH3 is 1. The van der Waals surface area contributed by atoms with E-state index in [2.05, 4.69) is 10.4 Å². The summed E-state index contributed by atoms with van der Waals surface area (Å²) in [6.45, 7) is 3.17. The number of carboxylic acid groups (broad SMARTS) is 1. The summed E-state index contributed by atoms with van der Waals surface area (Å²) in [6, 6.07) is 7.01. The van der Waals surface area contributed by atoms with Gasteiger partial charge in [0.1, 0.15) is 23.8 Å². The summed E-state index contributed by atoms with van der Waals surface area (Å²) in [5.74, 6) is 0.722. The lowest BCUT2D eigenvalue weighted by Gasteiger charge is -2.26. The Balaban J connectivity index is 1.07. The smallest absolute Gasteiger partial charge is 0.325 e. The van der Waals surface area contributed by atoms with E-state index in [1.54, 1.807) is 13.3 Å². The third-order valence-electron chi connectivity index (χ3n) is 8.98. The molecule has 0 aliphatic carbocycles. The fourth-order valence-electron chi connectivity index (χ4n) is 6.82. The quantitative estimate of drug-likeness (QED) is 0.315. The van der Waals surface area contributed by atoms with Crippen molar-refractivity contribution in [3.8, 4) is 5.75 Å². The second kappa shape index (κ2) is 12.3. The highest BCUT2D eigenvalue weighted by atomic mass is 19.1. The van der Waals surface area contributed by atoms with E-state index in [0.29, 0.717) is 39.1 Å². The van der Waals surface area contributed by atoms with Crippen LogP contribution in [0.1, 0.15) is 67.4 Å². The number of rotatable bonds is 11. The van der Waals surface area contributed by atoms with Crippen molar-refractivity contribution >= 4 is 22.7 Å². The number of hydrogen-bond donors (Lipinski definition) is 2. The van der Waals surface area contributed by atoms with Gasteiger partial charge in [-0.05, 0) is 51.5 Å². The number of aliphatic carboxylic acids is 1. The molecule has 3 aliphatic heterocycles. The van der Waals surface area contributed by atoms with Gasteiger partial charge in [-0.15, -0.1) is 0 Å². The maximum Gasteiger partial charge on any atom is 0.325 e. The maximum absolute atomic E-state index is 15.4. The summed E-state index contributed by atoms with van der Waals surface area (Å²) in [7, 11) is 1.70. The first-order valence-corrected chi connectivity index (χ1v) is 15.0. The first kappa shape index (κ1) is 27.9. The highest BCUT2D eigenvalue weighted by molar-refractivity contribution is 5.88. The van der Waals surface area contributed by atoms with Crippen LogP contribution in [-0.2, 0) is 22.4 Å². The molecular weight excluding hydrogens is 525 g/mol. The van der Waals surface area contributed by atoms with E-state index in [-0.39, 0.29) is 12.0 Å². The fourth-order valence-corrected chi connectivity index (χ4v) is 6.82. The van der Waals surface area contributed by atoms with Gasteiger partial charge in [0.15, 0.2) is 0 Å². The number of likely N-dealkylation sites (tertiary alicyclic amines) is 1. The molecule has 2 saturated heterocycles. The average Bonchev–Trinajstić information content (AvgIpc) is 3.76. The minimum absolute atomic E-state index is 0.0958. The molecule has 9 nitrogen and oxygen atoms in total. The molecule has 0 radical (unpaired) electrons. The van der Waals surface area contributed by atoms with Gasteiger partial charge in [-0.3, -0.25) is 14.4 Å². The number of aromatic nitrogens is 3. The molecule has 2 fully saturated rings. The average molecular weight is 566 g/mol. The van der Waals surface area contributed by atoms with Gasteiger partial charge in [-0.2, -0.15) is 5.10 Å². The van der Waals surface area contributed by atoms with Gasteiger partial charge < -0.3 is 19.9 Å². The number of alkyl halides is 1. The number of fused-ring (bicyclic) bond motifs is 2. The monoisotopic (exact) mass is 565 g/mol. The molecule has 3 aliphatic rings. The van der Waals surface area contributed by atoms with E-state index in [0.717, 1.165) is 84.4 Å². The molecule has 0 spiro atoms. The summed E-state index contributed by atoms with van der Waals surface area (Å²) in [5.41, 5.74) is 3.68. The zero-order valence-electron chi connectivity index (χ0n) is 23.7. The Hall–Kier alpha value is -3.24. The molecule has 4 atom stereocenters. The number of para-hydroxylation sites is 1. The van der Waals surface area contributed by atoms with E-state index in [9.17, 15) is 9.90 Å². The lowest BCUT2D eigenvalue weighted by atomic mass is 9.97. The Kier molecular flexibility index (Phi) is 8.39. The van der Waals surface area contributed by atoms with Crippen molar-refractivity contribution in [3.63, 3.8) is 0 Å². The number of aryl methyl sites for hydroxylation is 1. The van der Waals surface area contributed by atoms with Crippen LogP contribution in [0.3, 0.4) is 0 Å². The molecule has 1 unspecified atom stereocenters. The van der Waals surface area contributed by atoms with Crippen LogP contribution < -0.4 is 10.1 Å². The second-order valence-corrected chi connectivity index (χ2v) is 11.6. The van der Waals surface area contributed by atoms with Crippen molar-refractivity contribution in [2.75, 3.05) is 45.3 Å². The van der Waals surface area contributed by atoms with Gasteiger partial charge in [0.05, 0.1) is 31.5 Å². The molecule has 1 aromatic carbocycles. The number of halogens is 1. The lowest BCUT2D eigenvalue weighted by Crippen LogP contribution is -2.34. The van der Waals surface area contributed by atoms with E-state index in [1.807, 2.05) is 33.8 Å². The molecule has 220 valence electrons.